The fourth-order valence-electron chi connectivity index (χ4n) is 2.08. The van der Waals surface area contributed by atoms with Gasteiger partial charge in [0.2, 0.25) is 10.0 Å². The van der Waals surface area contributed by atoms with Crippen molar-refractivity contribution in [3.8, 4) is 0 Å². The van der Waals surface area contributed by atoms with E-state index in [9.17, 15) is 8.42 Å². The van der Waals surface area contributed by atoms with E-state index in [1.165, 1.54) is 16.4 Å². The van der Waals surface area contributed by atoms with E-state index in [2.05, 4.69) is 5.16 Å². The molecule has 0 unspecified atom stereocenters. The zero-order valence-electron chi connectivity index (χ0n) is 9.91. The first-order chi connectivity index (χ1) is 9.07. The highest BCUT2D eigenvalue weighted by Gasteiger charge is 2.29. The van der Waals surface area contributed by atoms with Gasteiger partial charge in [0.25, 0.3) is 0 Å². The molecule has 19 heavy (non-hydrogen) atoms. The largest absolute Gasteiger partial charge is 0.361 e. The molecule has 0 bridgehead atoms. The second kappa shape index (κ2) is 4.63. The maximum atomic E-state index is 12.5. The Morgan fingerprint density at radius 1 is 1.26 bits per heavy atom. The number of halogens is 1. The Balaban J connectivity index is 1.92. The van der Waals surface area contributed by atoms with E-state index >= 15 is 0 Å². The molecule has 7 heteroatoms. The van der Waals surface area contributed by atoms with Gasteiger partial charge in [-0.15, -0.1) is 0 Å². The van der Waals surface area contributed by atoms with Crippen LogP contribution in [0.15, 0.2) is 39.9 Å². The smallest absolute Gasteiger partial charge is 0.243 e. The van der Waals surface area contributed by atoms with Crippen molar-refractivity contribution in [3.63, 3.8) is 0 Å². The lowest BCUT2D eigenvalue weighted by Crippen LogP contribution is -2.35. The second-order valence-corrected chi connectivity index (χ2v) is 6.69. The van der Waals surface area contributed by atoms with Crippen molar-refractivity contribution < 1.29 is 12.9 Å². The maximum absolute atomic E-state index is 12.5. The summed E-state index contributed by atoms with van der Waals surface area (Å²) in [7, 11) is -3.49. The van der Waals surface area contributed by atoms with E-state index in [0.717, 1.165) is 11.3 Å². The molecule has 0 fully saturated rings. The lowest BCUT2D eigenvalue weighted by molar-refractivity contribution is 0.331. The highest BCUT2D eigenvalue weighted by molar-refractivity contribution is 7.89. The van der Waals surface area contributed by atoms with Gasteiger partial charge in [-0.2, -0.15) is 4.31 Å². The molecule has 1 aromatic heterocycles. The number of benzene rings is 1. The number of hydrogen-bond acceptors (Lipinski definition) is 4. The molecular formula is C12H11ClN2O3S. The van der Waals surface area contributed by atoms with Crippen LogP contribution in [0.25, 0.3) is 0 Å². The van der Waals surface area contributed by atoms with Gasteiger partial charge in [0.1, 0.15) is 5.76 Å². The monoisotopic (exact) mass is 298 g/mol. The first-order valence-electron chi connectivity index (χ1n) is 5.75. The number of hydrogen-bond donors (Lipinski definition) is 0. The number of rotatable bonds is 2. The third-order valence-corrected chi connectivity index (χ3v) is 5.23. The van der Waals surface area contributed by atoms with Crippen molar-refractivity contribution in [1.29, 1.82) is 0 Å². The molecule has 0 saturated carbocycles. The molecule has 0 aliphatic carbocycles. The molecule has 2 aromatic rings. The standard InChI is InChI=1S/C12H11ClN2O3S/c13-10-1-3-11(4-2-10)19(16,17)15-6-5-12-9(8-15)7-14-18-12/h1-4,7H,5-6,8H2. The fraction of sp³-hybridized carbons (Fsp3) is 0.250. The van der Waals surface area contributed by atoms with Gasteiger partial charge in [0, 0.05) is 30.1 Å². The number of aromatic nitrogens is 1. The number of fused-ring (bicyclic) bond motifs is 1. The maximum Gasteiger partial charge on any atom is 0.243 e. The summed E-state index contributed by atoms with van der Waals surface area (Å²) < 4.78 is 31.4. The number of sulfonamides is 1. The average molecular weight is 299 g/mol. The van der Waals surface area contributed by atoms with Gasteiger partial charge in [0.05, 0.1) is 11.1 Å². The Labute approximate surface area is 115 Å². The normalized spacial score (nSPS) is 16.3. The van der Waals surface area contributed by atoms with Crippen LogP contribution < -0.4 is 0 Å². The van der Waals surface area contributed by atoms with Crippen molar-refractivity contribution in [2.45, 2.75) is 17.9 Å². The summed E-state index contributed by atoms with van der Waals surface area (Å²) in [6.07, 6.45) is 2.11. The molecule has 1 aliphatic heterocycles. The SMILES string of the molecule is O=S(=O)(c1ccc(Cl)cc1)N1CCc2oncc2C1. The topological polar surface area (TPSA) is 63.4 Å². The van der Waals surface area contributed by atoms with Crippen LogP contribution in [0.3, 0.4) is 0 Å². The highest BCUT2D eigenvalue weighted by atomic mass is 35.5. The quantitative estimate of drug-likeness (QED) is 0.851. The van der Waals surface area contributed by atoms with Crippen molar-refractivity contribution in [3.05, 3.63) is 46.8 Å². The minimum absolute atomic E-state index is 0.247. The molecule has 0 radical (unpaired) electrons. The summed E-state index contributed by atoms with van der Waals surface area (Å²) in [5, 5.41) is 4.20. The van der Waals surface area contributed by atoms with E-state index in [0.29, 0.717) is 24.5 Å². The molecule has 0 spiro atoms. The summed E-state index contributed by atoms with van der Waals surface area (Å²) in [5.74, 6) is 0.766. The van der Waals surface area contributed by atoms with Gasteiger partial charge < -0.3 is 4.52 Å². The van der Waals surface area contributed by atoms with Crippen molar-refractivity contribution in [1.82, 2.24) is 9.46 Å². The van der Waals surface area contributed by atoms with E-state index in [4.69, 9.17) is 16.1 Å². The van der Waals surface area contributed by atoms with Crippen molar-refractivity contribution in [2.75, 3.05) is 6.54 Å². The Kier molecular flexibility index (Phi) is 3.08. The van der Waals surface area contributed by atoms with Crippen LogP contribution in [0.1, 0.15) is 11.3 Å². The predicted octanol–water partition coefficient (Wildman–Crippen LogP) is 2.08. The Morgan fingerprint density at radius 3 is 2.74 bits per heavy atom. The van der Waals surface area contributed by atoms with E-state index in [1.54, 1.807) is 18.3 Å². The molecule has 5 nitrogen and oxygen atoms in total. The molecule has 2 heterocycles. The average Bonchev–Trinajstić information content (AvgIpc) is 2.86. The van der Waals surface area contributed by atoms with Crippen LogP contribution in [0, 0.1) is 0 Å². The molecular weight excluding hydrogens is 288 g/mol. The summed E-state index contributed by atoms with van der Waals surface area (Å²) in [4.78, 5) is 0.247. The summed E-state index contributed by atoms with van der Waals surface area (Å²) in [6, 6.07) is 6.17. The molecule has 100 valence electrons. The molecule has 0 N–H and O–H groups in total. The van der Waals surface area contributed by atoms with E-state index < -0.39 is 10.0 Å². The molecule has 0 amide bonds. The summed E-state index contributed by atoms with van der Waals surface area (Å²) in [5.41, 5.74) is 0.823. The Morgan fingerprint density at radius 2 is 2.00 bits per heavy atom. The first kappa shape index (κ1) is 12.7. The predicted molar refractivity (Wildman–Crippen MR) is 69.3 cm³/mol. The first-order valence-corrected chi connectivity index (χ1v) is 7.57. The zero-order valence-corrected chi connectivity index (χ0v) is 11.5. The Hall–Kier alpha value is -1.37. The van der Waals surface area contributed by atoms with Gasteiger partial charge in [0.15, 0.2) is 0 Å². The highest BCUT2D eigenvalue weighted by Crippen LogP contribution is 2.25. The van der Waals surface area contributed by atoms with Crippen LogP contribution >= 0.6 is 11.6 Å². The zero-order chi connectivity index (χ0) is 13.5. The van der Waals surface area contributed by atoms with Crippen molar-refractivity contribution in [2.24, 2.45) is 0 Å². The van der Waals surface area contributed by atoms with Gasteiger partial charge >= 0.3 is 0 Å². The molecule has 3 rings (SSSR count). The fourth-order valence-corrected chi connectivity index (χ4v) is 3.62. The minimum Gasteiger partial charge on any atom is -0.361 e. The summed E-state index contributed by atoms with van der Waals surface area (Å²) >= 11 is 5.77. The van der Waals surface area contributed by atoms with Crippen LogP contribution in [0.5, 0.6) is 0 Å². The minimum atomic E-state index is -3.49. The van der Waals surface area contributed by atoms with Gasteiger partial charge in [-0.1, -0.05) is 16.8 Å². The van der Waals surface area contributed by atoms with Gasteiger partial charge in [-0.3, -0.25) is 0 Å². The molecule has 0 saturated heterocycles. The molecule has 1 aliphatic rings. The van der Waals surface area contributed by atoms with Crippen LogP contribution in [-0.2, 0) is 23.0 Å². The third kappa shape index (κ3) is 2.27. The van der Waals surface area contributed by atoms with E-state index in [-0.39, 0.29) is 4.90 Å². The van der Waals surface area contributed by atoms with Crippen molar-refractivity contribution >= 4 is 21.6 Å². The Bertz CT molecular complexity index is 694. The van der Waals surface area contributed by atoms with Crippen LogP contribution in [0.4, 0.5) is 0 Å². The lowest BCUT2D eigenvalue weighted by Gasteiger charge is -2.24. The summed E-state index contributed by atoms with van der Waals surface area (Å²) in [6.45, 7) is 0.691. The third-order valence-electron chi connectivity index (χ3n) is 3.12. The molecule has 0 atom stereocenters. The number of nitrogens with zero attached hydrogens (tertiary/aromatic N) is 2. The van der Waals surface area contributed by atoms with Gasteiger partial charge in [-0.25, -0.2) is 8.42 Å². The molecule has 1 aromatic carbocycles. The van der Waals surface area contributed by atoms with E-state index in [1.807, 2.05) is 0 Å². The van der Waals surface area contributed by atoms with Crippen LogP contribution in [-0.4, -0.2) is 24.4 Å². The van der Waals surface area contributed by atoms with Gasteiger partial charge in [-0.05, 0) is 24.3 Å². The second-order valence-electron chi connectivity index (χ2n) is 4.32. The lowest BCUT2D eigenvalue weighted by atomic mass is 10.1. The van der Waals surface area contributed by atoms with Crippen LogP contribution in [0.2, 0.25) is 5.02 Å².